The molecule has 3 rings (SSSR count). The topological polar surface area (TPSA) is 38.3 Å². The fourth-order valence-electron chi connectivity index (χ4n) is 3.13. The predicted octanol–water partition coefficient (Wildman–Crippen LogP) is 1.98. The van der Waals surface area contributed by atoms with Gasteiger partial charge in [0, 0.05) is 24.4 Å². The number of carbonyl (C=O) groups is 1. The van der Waals surface area contributed by atoms with Gasteiger partial charge in [0.2, 0.25) is 0 Å². The normalized spacial score (nSPS) is 28.4. The van der Waals surface area contributed by atoms with Gasteiger partial charge in [-0.15, -0.1) is 0 Å². The molecular weight excluding hydrogens is 283 g/mol. The van der Waals surface area contributed by atoms with Crippen molar-refractivity contribution in [2.75, 3.05) is 13.2 Å². The van der Waals surface area contributed by atoms with Crippen LogP contribution >= 0.6 is 0 Å². The van der Waals surface area contributed by atoms with Crippen molar-refractivity contribution in [2.45, 2.75) is 31.3 Å². The maximum Gasteiger partial charge on any atom is 0.194 e. The number of rotatable bonds is 3. The highest BCUT2D eigenvalue weighted by molar-refractivity contribution is 5.83. The van der Waals surface area contributed by atoms with Crippen LogP contribution in [0.1, 0.15) is 18.4 Å². The van der Waals surface area contributed by atoms with Gasteiger partial charge in [-0.2, -0.15) is 0 Å². The van der Waals surface area contributed by atoms with Crippen LogP contribution in [0.25, 0.3) is 0 Å². The van der Waals surface area contributed by atoms with Gasteiger partial charge in [-0.3, -0.25) is 4.79 Å². The maximum atomic E-state index is 13.6. The smallest absolute Gasteiger partial charge is 0.194 e. The molecule has 1 aromatic carbocycles. The second-order valence-corrected chi connectivity index (χ2v) is 5.74. The fraction of sp³-hybridized carbons (Fsp3) is 0.533. The van der Waals surface area contributed by atoms with Gasteiger partial charge in [0.25, 0.3) is 0 Å². The van der Waals surface area contributed by atoms with Gasteiger partial charge in [0.15, 0.2) is 17.5 Å². The minimum Gasteiger partial charge on any atom is -0.378 e. The molecule has 0 amide bonds. The first-order chi connectivity index (χ1) is 10.0. The molecule has 0 radical (unpaired) electrons. The third-order valence-corrected chi connectivity index (χ3v) is 4.18. The zero-order valence-corrected chi connectivity index (χ0v) is 11.4. The summed E-state index contributed by atoms with van der Waals surface area (Å²) >= 11 is 0. The Morgan fingerprint density at radius 1 is 1.14 bits per heavy atom. The number of piperidine rings is 1. The van der Waals surface area contributed by atoms with Crippen molar-refractivity contribution >= 4 is 5.78 Å². The van der Waals surface area contributed by atoms with E-state index < -0.39 is 17.5 Å². The van der Waals surface area contributed by atoms with E-state index in [1.54, 1.807) is 0 Å². The van der Waals surface area contributed by atoms with Crippen LogP contribution in [0, 0.1) is 23.4 Å². The van der Waals surface area contributed by atoms with Gasteiger partial charge < -0.3 is 10.1 Å². The van der Waals surface area contributed by atoms with Crippen molar-refractivity contribution in [1.82, 2.24) is 5.32 Å². The van der Waals surface area contributed by atoms with Crippen LogP contribution in [0.3, 0.4) is 0 Å². The van der Waals surface area contributed by atoms with Gasteiger partial charge in [-0.05, 0) is 24.5 Å². The van der Waals surface area contributed by atoms with E-state index in [4.69, 9.17) is 4.74 Å². The Labute approximate surface area is 120 Å². The van der Waals surface area contributed by atoms with Crippen LogP contribution in [-0.2, 0) is 16.0 Å². The number of ketones is 1. The summed E-state index contributed by atoms with van der Waals surface area (Å²) in [4.78, 5) is 12.3. The molecule has 0 spiro atoms. The Hall–Kier alpha value is -1.40. The van der Waals surface area contributed by atoms with Crippen molar-refractivity contribution in [2.24, 2.45) is 5.92 Å². The number of fused-ring (bicyclic) bond motifs is 2. The molecule has 1 N–H and O–H groups in total. The molecular formula is C15H16F3NO2. The van der Waals surface area contributed by atoms with Crippen LogP contribution in [0.5, 0.6) is 0 Å². The van der Waals surface area contributed by atoms with Crippen molar-refractivity contribution in [3.63, 3.8) is 0 Å². The van der Waals surface area contributed by atoms with Gasteiger partial charge in [-0.25, -0.2) is 13.2 Å². The van der Waals surface area contributed by atoms with E-state index in [2.05, 4.69) is 5.32 Å². The summed E-state index contributed by atoms with van der Waals surface area (Å²) in [5.41, 5.74) is -0.0844. The van der Waals surface area contributed by atoms with E-state index in [0.29, 0.717) is 26.1 Å². The zero-order valence-electron chi connectivity index (χ0n) is 11.4. The first-order valence-electron chi connectivity index (χ1n) is 7.03. The Kier molecular flexibility index (Phi) is 3.99. The van der Waals surface area contributed by atoms with Crippen molar-refractivity contribution in [1.29, 1.82) is 0 Å². The molecule has 2 aliphatic rings. The molecule has 2 aliphatic heterocycles. The van der Waals surface area contributed by atoms with Crippen LogP contribution in [-0.4, -0.2) is 31.1 Å². The van der Waals surface area contributed by atoms with E-state index in [-0.39, 0.29) is 35.8 Å². The summed E-state index contributed by atoms with van der Waals surface area (Å²) in [5.74, 6) is -4.33. The van der Waals surface area contributed by atoms with Crippen molar-refractivity contribution in [3.8, 4) is 0 Å². The van der Waals surface area contributed by atoms with Gasteiger partial charge in [0.1, 0.15) is 5.78 Å². The number of halogens is 3. The average Bonchev–Trinajstić information content (AvgIpc) is 2.47. The minimum absolute atomic E-state index is 0.0844. The lowest BCUT2D eigenvalue weighted by atomic mass is 9.82. The summed E-state index contributed by atoms with van der Waals surface area (Å²) in [7, 11) is 0. The molecule has 2 saturated heterocycles. The monoisotopic (exact) mass is 299 g/mol. The number of Topliss-reactive ketones (excluding diaryl/α,β-unsaturated/α-hetero) is 1. The van der Waals surface area contributed by atoms with Crippen molar-refractivity contribution in [3.05, 3.63) is 35.1 Å². The maximum absolute atomic E-state index is 13.6. The van der Waals surface area contributed by atoms with Gasteiger partial charge in [0.05, 0.1) is 13.2 Å². The molecule has 2 bridgehead atoms. The third kappa shape index (κ3) is 2.96. The standard InChI is InChI=1S/C15H16F3NO2/c16-12-2-1-8(14(17)15(12)18)5-13(20)9-3-10-6-21-7-11(4-9)19-10/h1-2,9-11,19H,3-7H2. The second kappa shape index (κ2) is 5.77. The Morgan fingerprint density at radius 2 is 1.81 bits per heavy atom. The Balaban J connectivity index is 1.70. The molecule has 0 aromatic heterocycles. The minimum atomic E-state index is -1.52. The highest BCUT2D eigenvalue weighted by Crippen LogP contribution is 2.26. The van der Waals surface area contributed by atoms with Crippen LogP contribution < -0.4 is 5.32 Å². The average molecular weight is 299 g/mol. The Morgan fingerprint density at radius 3 is 2.48 bits per heavy atom. The summed E-state index contributed by atoms with van der Waals surface area (Å²) in [6.45, 7) is 1.14. The van der Waals surface area contributed by atoms with E-state index >= 15 is 0 Å². The van der Waals surface area contributed by atoms with E-state index in [1.807, 2.05) is 0 Å². The first-order valence-corrected chi connectivity index (χ1v) is 7.03. The number of morpholine rings is 1. The van der Waals surface area contributed by atoms with E-state index in [0.717, 1.165) is 12.1 Å². The zero-order chi connectivity index (χ0) is 15.0. The Bertz CT molecular complexity index is 552. The van der Waals surface area contributed by atoms with Crippen LogP contribution in [0.2, 0.25) is 0 Å². The number of carbonyl (C=O) groups excluding carboxylic acids is 1. The summed E-state index contributed by atoms with van der Waals surface area (Å²) in [6, 6.07) is 2.27. The third-order valence-electron chi connectivity index (χ3n) is 4.18. The molecule has 0 aliphatic carbocycles. The highest BCUT2D eigenvalue weighted by atomic mass is 19.2. The molecule has 2 atom stereocenters. The molecule has 3 nitrogen and oxygen atoms in total. The molecule has 2 heterocycles. The lowest BCUT2D eigenvalue weighted by Crippen LogP contribution is -2.55. The molecule has 1 aromatic rings. The van der Waals surface area contributed by atoms with Crippen LogP contribution in [0.4, 0.5) is 13.2 Å². The number of ether oxygens (including phenoxy) is 1. The number of benzene rings is 1. The highest BCUT2D eigenvalue weighted by Gasteiger charge is 2.35. The molecule has 114 valence electrons. The molecule has 2 unspecified atom stereocenters. The molecule has 6 heteroatoms. The second-order valence-electron chi connectivity index (χ2n) is 5.74. The number of nitrogens with one attached hydrogen (secondary N) is 1. The quantitative estimate of drug-likeness (QED) is 0.867. The number of hydrogen-bond donors (Lipinski definition) is 1. The summed E-state index contributed by atoms with van der Waals surface area (Å²) < 4.78 is 45.1. The summed E-state index contributed by atoms with van der Waals surface area (Å²) in [5, 5.41) is 3.37. The first kappa shape index (κ1) is 14.5. The molecule has 2 fully saturated rings. The molecule has 0 saturated carbocycles. The predicted molar refractivity (Wildman–Crippen MR) is 69.3 cm³/mol. The van der Waals surface area contributed by atoms with Crippen LogP contribution in [0.15, 0.2) is 12.1 Å². The SMILES string of the molecule is O=C(Cc1ccc(F)c(F)c1F)C1CC2COCC(C1)N2. The largest absolute Gasteiger partial charge is 0.378 e. The number of hydrogen-bond acceptors (Lipinski definition) is 3. The lowest BCUT2D eigenvalue weighted by Gasteiger charge is -2.39. The molecule has 21 heavy (non-hydrogen) atoms. The van der Waals surface area contributed by atoms with E-state index in [9.17, 15) is 18.0 Å². The summed E-state index contributed by atoms with van der Waals surface area (Å²) in [6.07, 6.45) is 1.08. The van der Waals surface area contributed by atoms with Gasteiger partial charge >= 0.3 is 0 Å². The fourth-order valence-corrected chi connectivity index (χ4v) is 3.13. The van der Waals surface area contributed by atoms with Crippen molar-refractivity contribution < 1.29 is 22.7 Å². The lowest BCUT2D eigenvalue weighted by molar-refractivity contribution is -0.125. The van der Waals surface area contributed by atoms with E-state index in [1.165, 1.54) is 0 Å². The van der Waals surface area contributed by atoms with Gasteiger partial charge in [-0.1, -0.05) is 6.07 Å².